The number of unbranched alkanes of at least 4 members (excludes halogenated alkanes) is 51. The third-order valence-corrected chi connectivity index (χ3v) is 16.2. The lowest BCUT2D eigenvalue weighted by molar-refractivity contribution is -0.167. The highest BCUT2D eigenvalue weighted by Gasteiger charge is 2.19. The first-order valence-corrected chi connectivity index (χ1v) is 35.3. The molecule has 0 aliphatic carbocycles. The van der Waals surface area contributed by atoms with E-state index in [4.69, 9.17) is 14.2 Å². The van der Waals surface area contributed by atoms with Gasteiger partial charge in [-0.2, -0.15) is 0 Å². The molecule has 0 aliphatic heterocycles. The van der Waals surface area contributed by atoms with Crippen LogP contribution in [-0.4, -0.2) is 37.2 Å². The van der Waals surface area contributed by atoms with E-state index in [9.17, 15) is 14.4 Å². The lowest BCUT2D eigenvalue weighted by Gasteiger charge is -2.18. The van der Waals surface area contributed by atoms with Gasteiger partial charge in [0.2, 0.25) is 0 Å². The predicted molar refractivity (Wildman–Crippen MR) is 340 cm³/mol. The van der Waals surface area contributed by atoms with E-state index in [0.717, 1.165) is 57.8 Å². The minimum atomic E-state index is -0.769. The van der Waals surface area contributed by atoms with Crippen LogP contribution in [0.1, 0.15) is 400 Å². The molecule has 0 heterocycles. The molecular weight excluding hydrogens is 961 g/mol. The second kappa shape index (κ2) is 67.4. The Balaban J connectivity index is 4.01. The average molecular weight is 1100 g/mol. The largest absolute Gasteiger partial charge is 0.462 e. The Kier molecular flexibility index (Phi) is 65.6. The summed E-state index contributed by atoms with van der Waals surface area (Å²) in [6, 6.07) is 0. The quantitative estimate of drug-likeness (QED) is 0.0261. The van der Waals surface area contributed by atoms with Crippen LogP contribution >= 0.6 is 0 Å². The van der Waals surface area contributed by atoms with Crippen molar-refractivity contribution in [2.75, 3.05) is 13.2 Å². The number of rotatable bonds is 66. The fraction of sp³-hybridized carbons (Fsp3) is 0.903. The Morgan fingerprint density at radius 2 is 0.423 bits per heavy atom. The molecule has 0 rings (SSSR count). The molecule has 460 valence electrons. The summed E-state index contributed by atoms with van der Waals surface area (Å²) in [5.74, 6) is -0.847. The molecule has 0 aliphatic rings. The van der Waals surface area contributed by atoms with Crippen molar-refractivity contribution in [2.45, 2.75) is 406 Å². The van der Waals surface area contributed by atoms with Crippen molar-refractivity contribution in [1.29, 1.82) is 0 Å². The van der Waals surface area contributed by atoms with Crippen LogP contribution < -0.4 is 0 Å². The molecule has 6 nitrogen and oxygen atoms in total. The second-order valence-corrected chi connectivity index (χ2v) is 24.1. The third kappa shape index (κ3) is 64.7. The Morgan fingerprint density at radius 3 is 0.641 bits per heavy atom. The Hall–Kier alpha value is -2.11. The Labute approximate surface area is 487 Å². The van der Waals surface area contributed by atoms with Gasteiger partial charge in [0.15, 0.2) is 6.10 Å². The van der Waals surface area contributed by atoms with Gasteiger partial charge >= 0.3 is 17.9 Å². The second-order valence-electron chi connectivity index (χ2n) is 24.1. The third-order valence-electron chi connectivity index (χ3n) is 16.2. The minimum absolute atomic E-state index is 0.0669. The summed E-state index contributed by atoms with van der Waals surface area (Å²) in [6.45, 7) is 6.68. The maximum Gasteiger partial charge on any atom is 0.306 e. The molecule has 0 bridgehead atoms. The SMILES string of the molecule is CCCCCCCCC/C=C\CCCCCCCCCC(=O)OC(COC(=O)CCCCCCCCCCC)COC(=O)CCCCCCCCCCCCCCCCCCCCCCC/C=C\CCCCCCCCCC. The molecule has 0 amide bonds. The molecule has 0 saturated heterocycles. The van der Waals surface area contributed by atoms with Gasteiger partial charge in [0, 0.05) is 19.3 Å². The van der Waals surface area contributed by atoms with Crippen molar-refractivity contribution in [3.8, 4) is 0 Å². The van der Waals surface area contributed by atoms with E-state index >= 15 is 0 Å². The molecule has 0 saturated carbocycles. The van der Waals surface area contributed by atoms with Gasteiger partial charge in [0.05, 0.1) is 0 Å². The van der Waals surface area contributed by atoms with E-state index in [2.05, 4.69) is 45.1 Å². The van der Waals surface area contributed by atoms with E-state index < -0.39 is 6.10 Å². The lowest BCUT2D eigenvalue weighted by Crippen LogP contribution is -2.30. The number of hydrogen-bond acceptors (Lipinski definition) is 6. The molecule has 0 spiro atoms. The molecule has 1 unspecified atom stereocenters. The van der Waals surface area contributed by atoms with Gasteiger partial charge in [-0.15, -0.1) is 0 Å². The molecular formula is C72H136O6. The maximum absolute atomic E-state index is 12.9. The first-order chi connectivity index (χ1) is 38.5. The van der Waals surface area contributed by atoms with Gasteiger partial charge < -0.3 is 14.2 Å². The smallest absolute Gasteiger partial charge is 0.306 e. The van der Waals surface area contributed by atoms with Crippen LogP contribution in [0.5, 0.6) is 0 Å². The summed E-state index contributed by atoms with van der Waals surface area (Å²) < 4.78 is 16.9. The van der Waals surface area contributed by atoms with Crippen molar-refractivity contribution in [2.24, 2.45) is 0 Å². The number of hydrogen-bond donors (Lipinski definition) is 0. The molecule has 0 aromatic carbocycles. The van der Waals surface area contributed by atoms with E-state index in [-0.39, 0.29) is 31.1 Å². The van der Waals surface area contributed by atoms with Crippen molar-refractivity contribution in [3.05, 3.63) is 24.3 Å². The fourth-order valence-electron chi connectivity index (χ4n) is 10.8. The monoisotopic (exact) mass is 1100 g/mol. The zero-order valence-electron chi connectivity index (χ0n) is 53.0. The summed E-state index contributed by atoms with van der Waals surface area (Å²) in [6.07, 6.45) is 82.4. The normalized spacial score (nSPS) is 12.1. The van der Waals surface area contributed by atoms with Gasteiger partial charge in [-0.05, 0) is 70.6 Å². The van der Waals surface area contributed by atoms with E-state index in [1.807, 2.05) is 0 Å². The van der Waals surface area contributed by atoms with Crippen LogP contribution in [-0.2, 0) is 28.6 Å². The van der Waals surface area contributed by atoms with Crippen LogP contribution in [0.15, 0.2) is 24.3 Å². The molecule has 0 aromatic rings. The molecule has 6 heteroatoms. The summed E-state index contributed by atoms with van der Waals surface area (Å²) in [5, 5.41) is 0. The van der Waals surface area contributed by atoms with Crippen LogP contribution in [0.2, 0.25) is 0 Å². The van der Waals surface area contributed by atoms with Gasteiger partial charge in [0.25, 0.3) is 0 Å². The van der Waals surface area contributed by atoms with Gasteiger partial charge in [-0.3, -0.25) is 14.4 Å². The summed E-state index contributed by atoms with van der Waals surface area (Å²) in [4.78, 5) is 38.2. The molecule has 0 fully saturated rings. The average Bonchev–Trinajstić information content (AvgIpc) is 3.44. The zero-order chi connectivity index (χ0) is 56.4. The van der Waals surface area contributed by atoms with Gasteiger partial charge in [-0.25, -0.2) is 0 Å². The first-order valence-electron chi connectivity index (χ1n) is 35.3. The van der Waals surface area contributed by atoms with E-state index in [1.54, 1.807) is 0 Å². The van der Waals surface area contributed by atoms with Crippen molar-refractivity contribution >= 4 is 17.9 Å². The maximum atomic E-state index is 12.9. The highest BCUT2D eigenvalue weighted by atomic mass is 16.6. The number of ether oxygens (including phenoxy) is 3. The standard InChI is InChI=1S/C72H136O6/c1-4-7-10-13-16-19-21-23-25-27-29-30-31-32-33-34-35-36-37-38-39-40-41-42-43-45-46-48-50-53-56-59-62-65-71(74)77-68-69(67-76-70(73)64-61-58-55-52-18-15-12-9-6-3)78-72(75)66-63-60-57-54-51-49-47-44-28-26-24-22-20-17-14-11-8-5-2/h26-29,69H,4-25,30-68H2,1-3H3/b28-26-,29-27-. The molecule has 1 atom stereocenters. The Bertz CT molecular complexity index is 1260. The number of carbonyl (C=O) groups is 3. The molecule has 0 aromatic heterocycles. The van der Waals surface area contributed by atoms with Crippen molar-refractivity contribution in [3.63, 3.8) is 0 Å². The highest BCUT2D eigenvalue weighted by Crippen LogP contribution is 2.18. The van der Waals surface area contributed by atoms with Gasteiger partial charge in [-0.1, -0.05) is 334 Å². The number of allylic oxidation sites excluding steroid dienone is 4. The summed E-state index contributed by atoms with van der Waals surface area (Å²) in [5.41, 5.74) is 0. The summed E-state index contributed by atoms with van der Waals surface area (Å²) >= 11 is 0. The van der Waals surface area contributed by atoms with Crippen LogP contribution in [0, 0.1) is 0 Å². The van der Waals surface area contributed by atoms with Crippen LogP contribution in [0.3, 0.4) is 0 Å². The van der Waals surface area contributed by atoms with Crippen LogP contribution in [0.25, 0.3) is 0 Å². The molecule has 78 heavy (non-hydrogen) atoms. The highest BCUT2D eigenvalue weighted by molar-refractivity contribution is 5.71. The minimum Gasteiger partial charge on any atom is -0.462 e. The predicted octanol–water partition coefficient (Wildman–Crippen LogP) is 24.2. The van der Waals surface area contributed by atoms with Crippen molar-refractivity contribution < 1.29 is 28.6 Å². The van der Waals surface area contributed by atoms with E-state index in [1.165, 1.54) is 302 Å². The summed E-state index contributed by atoms with van der Waals surface area (Å²) in [7, 11) is 0. The molecule has 0 radical (unpaired) electrons. The van der Waals surface area contributed by atoms with Crippen LogP contribution in [0.4, 0.5) is 0 Å². The lowest BCUT2D eigenvalue weighted by atomic mass is 10.0. The van der Waals surface area contributed by atoms with Gasteiger partial charge in [0.1, 0.15) is 13.2 Å². The van der Waals surface area contributed by atoms with Crippen molar-refractivity contribution in [1.82, 2.24) is 0 Å². The first kappa shape index (κ1) is 75.9. The Morgan fingerprint density at radius 1 is 0.244 bits per heavy atom. The molecule has 0 N–H and O–H groups in total. The number of carbonyl (C=O) groups excluding carboxylic acids is 3. The topological polar surface area (TPSA) is 78.9 Å². The zero-order valence-corrected chi connectivity index (χ0v) is 53.0. The number of esters is 3. The fourth-order valence-corrected chi connectivity index (χ4v) is 10.8. The van der Waals surface area contributed by atoms with E-state index in [0.29, 0.717) is 19.3 Å².